The van der Waals surface area contributed by atoms with E-state index < -0.39 is 6.43 Å². The van der Waals surface area contributed by atoms with Gasteiger partial charge in [-0.25, -0.2) is 8.78 Å². The van der Waals surface area contributed by atoms with Crippen molar-refractivity contribution in [1.29, 1.82) is 0 Å². The van der Waals surface area contributed by atoms with Crippen LogP contribution in [0.2, 0.25) is 0 Å². The molecule has 8 nitrogen and oxygen atoms in total. The molecular formula is C33H44F2N8. The van der Waals surface area contributed by atoms with Gasteiger partial charge in [0.05, 0.1) is 12.2 Å². The highest BCUT2D eigenvalue weighted by atomic mass is 19.3. The van der Waals surface area contributed by atoms with Crippen molar-refractivity contribution in [3.63, 3.8) is 0 Å². The van der Waals surface area contributed by atoms with Crippen LogP contribution in [-0.2, 0) is 26.4 Å². The molecule has 43 heavy (non-hydrogen) atoms. The lowest BCUT2D eigenvalue weighted by atomic mass is 9.60. The number of piperidine rings is 2. The van der Waals surface area contributed by atoms with Crippen LogP contribution in [0.5, 0.6) is 0 Å². The van der Waals surface area contributed by atoms with Crippen LogP contribution < -0.4 is 15.5 Å². The number of hydrogen-bond donors (Lipinski definition) is 2. The largest absolute Gasteiger partial charge is 0.324 e. The fourth-order valence-corrected chi connectivity index (χ4v) is 8.79. The number of hydrogen-bond acceptors (Lipinski definition) is 6. The Labute approximate surface area is 252 Å². The Kier molecular flexibility index (Phi) is 7.06. The van der Waals surface area contributed by atoms with E-state index in [1.165, 1.54) is 62.9 Å². The van der Waals surface area contributed by atoms with Crippen molar-refractivity contribution in [3.8, 4) is 11.1 Å². The highest BCUT2D eigenvalue weighted by molar-refractivity contribution is 5.76. The van der Waals surface area contributed by atoms with Crippen molar-refractivity contribution < 1.29 is 8.78 Å². The van der Waals surface area contributed by atoms with E-state index in [1.54, 1.807) is 16.9 Å². The fourth-order valence-electron chi connectivity index (χ4n) is 8.79. The standard InChI is InChI=1S/C33H44F2N8/c1-40-21-23(19-38-40)26-15-22-3-2-12-42(30(22)16-27(26)31(34)35)32-28-20-37-11-6-29(28)43(39-32)25-17-33(18-25)7-13-41(14-8-33)24-4-9-36-10-5-24/h15-16,19,21,24-25,31,36-37H,2-14,17-18,20H2,1H3. The van der Waals surface area contributed by atoms with E-state index in [4.69, 9.17) is 5.10 Å². The minimum Gasteiger partial charge on any atom is -0.324 e. The Balaban J connectivity index is 1.06. The number of likely N-dealkylation sites (tertiary alicyclic amines) is 1. The Morgan fingerprint density at radius 2 is 1.79 bits per heavy atom. The number of alkyl halides is 2. The minimum atomic E-state index is -2.57. The molecule has 1 saturated carbocycles. The van der Waals surface area contributed by atoms with Crippen LogP contribution in [0.3, 0.4) is 0 Å². The van der Waals surface area contributed by atoms with Crippen molar-refractivity contribution in [2.75, 3.05) is 44.2 Å². The van der Waals surface area contributed by atoms with Crippen LogP contribution in [-0.4, -0.2) is 69.8 Å². The summed E-state index contributed by atoms with van der Waals surface area (Å²) in [5, 5.41) is 16.7. The first-order chi connectivity index (χ1) is 21.0. The van der Waals surface area contributed by atoms with Crippen LogP contribution >= 0.6 is 0 Å². The van der Waals surface area contributed by atoms with E-state index in [2.05, 4.69) is 30.2 Å². The lowest BCUT2D eigenvalue weighted by Crippen LogP contribution is -2.52. The summed E-state index contributed by atoms with van der Waals surface area (Å²) < 4.78 is 33.0. The van der Waals surface area contributed by atoms with Crippen LogP contribution in [0.25, 0.3) is 11.1 Å². The predicted molar refractivity (Wildman–Crippen MR) is 164 cm³/mol. The third-order valence-corrected chi connectivity index (χ3v) is 11.2. The van der Waals surface area contributed by atoms with Gasteiger partial charge < -0.3 is 20.4 Å². The van der Waals surface area contributed by atoms with Crippen LogP contribution in [0.4, 0.5) is 20.3 Å². The first-order valence-electron chi connectivity index (χ1n) is 16.5. The summed E-state index contributed by atoms with van der Waals surface area (Å²) in [6, 6.07) is 4.92. The maximum Gasteiger partial charge on any atom is 0.264 e. The second-order valence-electron chi connectivity index (χ2n) is 13.7. The minimum absolute atomic E-state index is 0.0712. The SMILES string of the molecule is Cn1cc(-c2cc3c(cc2C(F)F)N(c2nn(C4CC5(CCN(C6CCNCC6)CC5)C4)c4c2CNCC4)CCC3)cn1. The number of aryl methyl sites for hydroxylation is 2. The van der Waals surface area contributed by atoms with E-state index >= 15 is 0 Å². The van der Waals surface area contributed by atoms with Crippen molar-refractivity contribution in [2.24, 2.45) is 12.5 Å². The lowest BCUT2D eigenvalue weighted by molar-refractivity contribution is -0.0263. The van der Waals surface area contributed by atoms with Gasteiger partial charge in [-0.05, 0) is 106 Å². The maximum absolute atomic E-state index is 14.5. The summed E-state index contributed by atoms with van der Waals surface area (Å²) in [6.45, 7) is 7.34. The fraction of sp³-hybridized carbons (Fsp3) is 0.636. The Morgan fingerprint density at radius 1 is 0.977 bits per heavy atom. The molecule has 10 heteroatoms. The molecule has 0 radical (unpaired) electrons. The van der Waals surface area contributed by atoms with Crippen LogP contribution in [0.15, 0.2) is 24.5 Å². The molecule has 2 saturated heterocycles. The molecule has 1 aromatic carbocycles. The molecule has 0 bridgehead atoms. The Bertz CT molecular complexity index is 1470. The first kappa shape index (κ1) is 27.7. The molecule has 2 N–H and O–H groups in total. The van der Waals surface area contributed by atoms with E-state index in [9.17, 15) is 8.78 Å². The topological polar surface area (TPSA) is 66.2 Å². The summed E-state index contributed by atoms with van der Waals surface area (Å²) >= 11 is 0. The van der Waals surface area contributed by atoms with Gasteiger partial charge in [0.25, 0.3) is 6.43 Å². The smallest absolute Gasteiger partial charge is 0.264 e. The molecule has 0 unspecified atom stereocenters. The van der Waals surface area contributed by atoms with Crippen LogP contribution in [0, 0.1) is 5.41 Å². The molecule has 4 aliphatic heterocycles. The summed E-state index contributed by atoms with van der Waals surface area (Å²) in [4.78, 5) is 5.01. The summed E-state index contributed by atoms with van der Waals surface area (Å²) in [6.07, 6.45) is 11.4. The quantitative estimate of drug-likeness (QED) is 0.430. The number of anilines is 2. The van der Waals surface area contributed by atoms with E-state index in [0.717, 1.165) is 80.7 Å². The Hall–Kier alpha value is -2.82. The molecule has 5 aliphatic rings. The van der Waals surface area contributed by atoms with Gasteiger partial charge in [0, 0.05) is 73.4 Å². The van der Waals surface area contributed by atoms with Gasteiger partial charge in [-0.1, -0.05) is 0 Å². The van der Waals surface area contributed by atoms with Crippen molar-refractivity contribution in [1.82, 2.24) is 35.1 Å². The van der Waals surface area contributed by atoms with E-state index in [-0.39, 0.29) is 5.56 Å². The molecule has 1 spiro atoms. The molecule has 3 fully saturated rings. The van der Waals surface area contributed by atoms with Gasteiger partial charge >= 0.3 is 0 Å². The average Bonchev–Trinajstić information content (AvgIpc) is 3.63. The maximum atomic E-state index is 14.5. The predicted octanol–water partition coefficient (Wildman–Crippen LogP) is 5.12. The van der Waals surface area contributed by atoms with Crippen LogP contribution in [0.1, 0.15) is 79.8 Å². The zero-order valence-electron chi connectivity index (χ0n) is 25.3. The number of fused-ring (bicyclic) bond motifs is 2. The second kappa shape index (κ2) is 11.0. The van der Waals surface area contributed by atoms with Gasteiger partial charge in [0.2, 0.25) is 0 Å². The molecule has 1 aliphatic carbocycles. The molecule has 8 rings (SSSR count). The van der Waals surface area contributed by atoms with E-state index in [1.807, 2.05) is 19.3 Å². The third kappa shape index (κ3) is 4.90. The molecule has 0 atom stereocenters. The summed E-state index contributed by atoms with van der Waals surface area (Å²) in [5.41, 5.74) is 6.48. The average molecular weight is 591 g/mol. The molecule has 3 aromatic rings. The normalized spacial score (nSPS) is 23.0. The highest BCUT2D eigenvalue weighted by Gasteiger charge is 2.48. The number of nitrogens with one attached hydrogen (secondary N) is 2. The molecule has 230 valence electrons. The monoisotopic (exact) mass is 590 g/mol. The number of halogens is 2. The number of nitrogens with zero attached hydrogens (tertiary/aromatic N) is 6. The highest BCUT2D eigenvalue weighted by Crippen LogP contribution is 2.56. The van der Waals surface area contributed by atoms with Crippen molar-refractivity contribution in [2.45, 2.75) is 82.8 Å². The Morgan fingerprint density at radius 3 is 2.53 bits per heavy atom. The van der Waals surface area contributed by atoms with Gasteiger partial charge in [-0.15, -0.1) is 0 Å². The van der Waals surface area contributed by atoms with Gasteiger partial charge in [0.1, 0.15) is 0 Å². The molecular weight excluding hydrogens is 546 g/mol. The third-order valence-electron chi connectivity index (χ3n) is 11.2. The summed E-state index contributed by atoms with van der Waals surface area (Å²) in [7, 11) is 1.82. The molecule has 0 amide bonds. The van der Waals surface area contributed by atoms with Gasteiger partial charge in [0.15, 0.2) is 5.82 Å². The zero-order valence-corrected chi connectivity index (χ0v) is 25.3. The number of benzene rings is 1. The van der Waals surface area contributed by atoms with Crippen molar-refractivity contribution in [3.05, 3.63) is 46.9 Å². The number of rotatable bonds is 5. The van der Waals surface area contributed by atoms with Gasteiger partial charge in [-0.3, -0.25) is 9.36 Å². The molecule has 6 heterocycles. The van der Waals surface area contributed by atoms with Gasteiger partial charge in [-0.2, -0.15) is 10.2 Å². The zero-order chi connectivity index (χ0) is 29.1. The van der Waals surface area contributed by atoms with Crippen molar-refractivity contribution >= 4 is 11.5 Å². The lowest BCUT2D eigenvalue weighted by Gasteiger charge is -2.53. The second-order valence-corrected chi connectivity index (χ2v) is 13.7. The summed E-state index contributed by atoms with van der Waals surface area (Å²) in [5.74, 6) is 0.971. The number of aromatic nitrogens is 4. The first-order valence-corrected chi connectivity index (χ1v) is 16.5. The molecule has 2 aromatic heterocycles. The van der Waals surface area contributed by atoms with E-state index in [0.29, 0.717) is 17.0 Å².